The van der Waals surface area contributed by atoms with Gasteiger partial charge in [0.2, 0.25) is 0 Å². The molecule has 1 heterocycles. The highest BCUT2D eigenvalue weighted by Gasteiger charge is 2.33. The van der Waals surface area contributed by atoms with Crippen LogP contribution in [0.25, 0.3) is 10.9 Å². The van der Waals surface area contributed by atoms with Gasteiger partial charge in [-0.2, -0.15) is 0 Å². The lowest BCUT2D eigenvalue weighted by atomic mass is 10.1. The number of esters is 1. The topological polar surface area (TPSA) is 239 Å². The fourth-order valence-corrected chi connectivity index (χ4v) is 6.84. The Balaban J connectivity index is 0.00000900. The molecule has 0 aliphatic heterocycles. The summed E-state index contributed by atoms with van der Waals surface area (Å²) >= 11 is 6.42. The molecule has 18 nitrogen and oxygen atoms in total. The molecule has 0 aliphatic carbocycles. The van der Waals surface area contributed by atoms with Gasteiger partial charge in [-0.25, -0.2) is 19.8 Å². The second kappa shape index (κ2) is 21.9. The summed E-state index contributed by atoms with van der Waals surface area (Å²) in [5.74, 6) is -1.95. The van der Waals surface area contributed by atoms with Crippen molar-refractivity contribution in [1.82, 2.24) is 20.5 Å². The molecule has 58 heavy (non-hydrogen) atoms. The molecular weight excluding hydrogens is 824 g/mol. The average molecular weight is 867 g/mol. The number of aliphatic carboxylic acids is 1. The van der Waals surface area contributed by atoms with Gasteiger partial charge in [0.1, 0.15) is 35.1 Å². The second-order valence-corrected chi connectivity index (χ2v) is 14.6. The number of carboxylic acids is 1. The lowest BCUT2D eigenvalue weighted by Gasteiger charge is -2.25. The van der Waals surface area contributed by atoms with Crippen molar-refractivity contribution >= 4 is 78.3 Å². The third-order valence-corrected chi connectivity index (χ3v) is 9.75. The summed E-state index contributed by atoms with van der Waals surface area (Å²) in [4.78, 5) is 66.1. The quantitative estimate of drug-likeness (QED) is 0.0381. The van der Waals surface area contributed by atoms with Crippen LogP contribution in [0.2, 0.25) is 5.02 Å². The minimum absolute atomic E-state index is 0. The number of hydrogen-bond donors (Lipinski definition) is 5. The highest BCUT2D eigenvalue weighted by atomic mass is 35.5. The van der Waals surface area contributed by atoms with Crippen LogP contribution >= 0.6 is 31.7 Å². The minimum atomic E-state index is -4.13. The van der Waals surface area contributed by atoms with E-state index in [0.29, 0.717) is 16.7 Å². The zero-order valence-corrected chi connectivity index (χ0v) is 34.3. The van der Waals surface area contributed by atoms with Gasteiger partial charge in [0, 0.05) is 30.1 Å². The van der Waals surface area contributed by atoms with Gasteiger partial charge < -0.3 is 33.3 Å². The maximum absolute atomic E-state index is 13.4. The number of anilines is 1. The lowest BCUT2D eigenvalue weighted by Crippen LogP contribution is -2.42. The molecule has 0 bridgehead atoms. The molecule has 1 aromatic heterocycles. The Morgan fingerprint density at radius 3 is 2.22 bits per heavy atom. The summed E-state index contributed by atoms with van der Waals surface area (Å²) in [5.41, 5.74) is 0.595. The molecule has 3 amide bonds. The number of carboxylic acid groups (broad SMARTS) is 1. The molecule has 3 aromatic carbocycles. The predicted octanol–water partition coefficient (Wildman–Crippen LogP) is 7.10. The van der Waals surface area contributed by atoms with Gasteiger partial charge in [0.05, 0.1) is 48.2 Å². The van der Waals surface area contributed by atoms with E-state index in [1.165, 1.54) is 51.4 Å². The normalized spacial score (nSPS) is 12.9. The van der Waals surface area contributed by atoms with Gasteiger partial charge in [0.25, 0.3) is 5.91 Å². The number of nitrogens with zero attached hydrogens (tertiary/aromatic N) is 1. The molecule has 21 heteroatoms. The van der Waals surface area contributed by atoms with Crippen LogP contribution in [0.5, 0.6) is 23.0 Å². The van der Waals surface area contributed by atoms with Gasteiger partial charge in [-0.3, -0.25) is 34.6 Å². The number of nitrogens with one attached hydrogen (secondary N) is 4. The number of fused-ring (bicyclic) bond motifs is 1. The minimum Gasteiger partial charge on any atom is -0.496 e. The van der Waals surface area contributed by atoms with Crippen molar-refractivity contribution in [3.8, 4) is 23.0 Å². The van der Waals surface area contributed by atoms with Gasteiger partial charge in [-0.15, -0.1) is 12.4 Å². The van der Waals surface area contributed by atoms with E-state index in [0.717, 1.165) is 0 Å². The van der Waals surface area contributed by atoms with Crippen LogP contribution in [0, 0.1) is 0 Å². The molecule has 3 unspecified atom stereocenters. The SMILES string of the molecule is COc1cc2nccc(Oc3ccc(NC(=O)Oc4ccccc4)c(Cl)c3)c2cc1C(=O)NC(=O)OCCCOP(=O)(NC(C)C(=O)O)NC(C)C(=O)OC(C)C.Cl. The number of hydrogen-bond acceptors (Lipinski definition) is 13. The number of amides is 3. The number of imide groups is 1. The van der Waals surface area contributed by atoms with E-state index in [1.807, 2.05) is 0 Å². The van der Waals surface area contributed by atoms with Crippen LogP contribution in [0.1, 0.15) is 44.5 Å². The molecule has 0 spiro atoms. The summed E-state index contributed by atoms with van der Waals surface area (Å²) in [5, 5.41) is 19.3. The molecular formula is C37H42Cl2N5O13P. The number of carbonyl (C=O) groups excluding carboxylic acids is 4. The van der Waals surface area contributed by atoms with Crippen LogP contribution < -0.4 is 35.0 Å². The first-order chi connectivity index (χ1) is 27.1. The third kappa shape index (κ3) is 13.9. The van der Waals surface area contributed by atoms with Gasteiger partial charge in [-0.1, -0.05) is 29.8 Å². The summed E-state index contributed by atoms with van der Waals surface area (Å²) in [6.07, 6.45) is -0.872. The molecule has 0 saturated carbocycles. The first kappa shape index (κ1) is 46.9. The predicted molar refractivity (Wildman–Crippen MR) is 214 cm³/mol. The van der Waals surface area contributed by atoms with Crippen molar-refractivity contribution < 1.29 is 61.9 Å². The Morgan fingerprint density at radius 1 is 0.862 bits per heavy atom. The largest absolute Gasteiger partial charge is 0.496 e. The molecule has 5 N–H and O–H groups in total. The molecule has 0 aliphatic rings. The van der Waals surface area contributed by atoms with E-state index in [-0.39, 0.29) is 65.6 Å². The van der Waals surface area contributed by atoms with E-state index >= 15 is 0 Å². The standard InChI is InChI=1S/C37H41ClN5O13P.ClH/c1-21(2)54-35(47)23(4)43-57(50,42-22(3)34(45)46)53-17-9-16-52-36(48)41-33(44)27-19-26-30(20-32(27)51-5)39-15-14-31(26)55-25-12-13-29(28(38)18-25)40-37(49)56-24-10-7-6-8-11-24;/h6-8,10-15,18-23H,9,16-17H2,1-5H3,(H,40,49)(H,45,46)(H,41,44,48)(H2,42,43,50);1H. The lowest BCUT2D eigenvalue weighted by molar-refractivity contribution is -0.149. The maximum atomic E-state index is 13.4. The molecule has 0 radical (unpaired) electrons. The van der Waals surface area contributed by atoms with Crippen molar-refractivity contribution in [1.29, 1.82) is 0 Å². The molecule has 0 fully saturated rings. The van der Waals surface area contributed by atoms with E-state index in [4.69, 9.17) is 39.8 Å². The van der Waals surface area contributed by atoms with Crippen LogP contribution in [-0.4, -0.2) is 78.6 Å². The first-order valence-electron chi connectivity index (χ1n) is 17.3. The summed E-state index contributed by atoms with van der Waals surface area (Å²) in [6, 6.07) is 15.0. The molecule has 312 valence electrons. The Labute approximate surface area is 344 Å². The maximum Gasteiger partial charge on any atom is 0.417 e. The number of pyridine rings is 1. The number of ether oxygens (including phenoxy) is 5. The number of methoxy groups -OCH3 is 1. The monoisotopic (exact) mass is 865 g/mol. The zero-order chi connectivity index (χ0) is 41.7. The number of aromatic nitrogens is 1. The number of carbonyl (C=O) groups is 5. The van der Waals surface area contributed by atoms with Crippen molar-refractivity contribution in [3.05, 3.63) is 83.5 Å². The fourth-order valence-electron chi connectivity index (χ4n) is 4.78. The van der Waals surface area contributed by atoms with Crippen molar-refractivity contribution in [3.63, 3.8) is 0 Å². The van der Waals surface area contributed by atoms with Crippen molar-refractivity contribution in [2.24, 2.45) is 0 Å². The van der Waals surface area contributed by atoms with E-state index < -0.39 is 55.9 Å². The van der Waals surface area contributed by atoms with E-state index in [2.05, 4.69) is 25.8 Å². The Morgan fingerprint density at radius 2 is 1.57 bits per heavy atom. The summed E-state index contributed by atoms with van der Waals surface area (Å²) < 4.78 is 45.7. The second-order valence-electron chi connectivity index (χ2n) is 12.3. The third-order valence-electron chi connectivity index (χ3n) is 7.44. The van der Waals surface area contributed by atoms with Gasteiger partial charge in [-0.05, 0) is 64.1 Å². The molecule has 4 aromatic rings. The number of rotatable bonds is 18. The van der Waals surface area contributed by atoms with Crippen molar-refractivity contribution in [2.45, 2.75) is 52.3 Å². The highest BCUT2D eigenvalue weighted by molar-refractivity contribution is 7.54. The smallest absolute Gasteiger partial charge is 0.417 e. The van der Waals surface area contributed by atoms with Crippen molar-refractivity contribution in [2.75, 3.05) is 25.6 Å². The summed E-state index contributed by atoms with van der Waals surface area (Å²) in [7, 11) is -2.80. The molecule has 3 atom stereocenters. The number of halogens is 2. The highest BCUT2D eigenvalue weighted by Crippen LogP contribution is 2.39. The Hall–Kier alpha value is -5.49. The average Bonchev–Trinajstić information content (AvgIpc) is 3.15. The van der Waals surface area contributed by atoms with E-state index in [9.17, 15) is 33.6 Å². The number of benzene rings is 3. The van der Waals surface area contributed by atoms with E-state index in [1.54, 1.807) is 56.3 Å². The first-order valence-corrected chi connectivity index (χ1v) is 19.3. The molecule has 0 saturated heterocycles. The van der Waals surface area contributed by atoms with Crippen LogP contribution in [0.15, 0.2) is 72.9 Å². The van der Waals surface area contributed by atoms with Crippen LogP contribution in [0.4, 0.5) is 15.3 Å². The number of para-hydroxylation sites is 1. The number of alkyl carbamates (subject to hydrolysis) is 1. The van der Waals surface area contributed by atoms with Gasteiger partial charge in [0.15, 0.2) is 0 Å². The van der Waals surface area contributed by atoms with Crippen LogP contribution in [0.3, 0.4) is 0 Å². The fraction of sp³-hybridized carbons (Fsp3) is 0.297. The zero-order valence-electron chi connectivity index (χ0n) is 31.8. The Kier molecular flexibility index (Phi) is 17.7. The van der Waals surface area contributed by atoms with Gasteiger partial charge >= 0.3 is 31.8 Å². The summed E-state index contributed by atoms with van der Waals surface area (Å²) in [6.45, 7) is 5.25. The van der Waals surface area contributed by atoms with Crippen LogP contribution in [-0.2, 0) is 28.2 Å². The Bertz CT molecular complexity index is 2150. The molecule has 4 rings (SSSR count).